The van der Waals surface area contributed by atoms with E-state index < -0.39 is 0 Å². The Labute approximate surface area is 113 Å². The highest BCUT2D eigenvalue weighted by molar-refractivity contribution is 5.80. The van der Waals surface area contributed by atoms with Crippen molar-refractivity contribution < 1.29 is 9.53 Å². The van der Waals surface area contributed by atoms with Crippen LogP contribution in [0.1, 0.15) is 11.1 Å². The van der Waals surface area contributed by atoms with E-state index in [4.69, 9.17) is 10.5 Å². The zero-order valence-corrected chi connectivity index (χ0v) is 11.3. The number of nitrogens with one attached hydrogen (secondary N) is 1. The molecule has 5 heteroatoms. The quantitative estimate of drug-likeness (QED) is 0.790. The Morgan fingerprint density at radius 1 is 1.47 bits per heavy atom. The highest BCUT2D eigenvalue weighted by Gasteiger charge is 2.26. The van der Waals surface area contributed by atoms with Gasteiger partial charge in [0.2, 0.25) is 5.91 Å². The number of hydrogen-bond donors (Lipinski definition) is 2. The first-order valence-electron chi connectivity index (χ1n) is 6.52. The van der Waals surface area contributed by atoms with Crippen molar-refractivity contribution in [1.29, 1.82) is 0 Å². The zero-order chi connectivity index (χ0) is 13.7. The maximum absolute atomic E-state index is 11.5. The number of amides is 1. The van der Waals surface area contributed by atoms with Gasteiger partial charge >= 0.3 is 0 Å². The van der Waals surface area contributed by atoms with Crippen LogP contribution >= 0.6 is 0 Å². The molecule has 0 aliphatic carbocycles. The summed E-state index contributed by atoms with van der Waals surface area (Å²) in [5, 5.41) is 3.20. The van der Waals surface area contributed by atoms with Crippen LogP contribution in [0.25, 0.3) is 0 Å². The van der Waals surface area contributed by atoms with Crippen LogP contribution in [-0.4, -0.2) is 43.6 Å². The van der Waals surface area contributed by atoms with Crippen LogP contribution in [0.3, 0.4) is 0 Å². The third-order valence-electron chi connectivity index (χ3n) is 3.47. The molecular formula is C14H21N3O2. The van der Waals surface area contributed by atoms with Gasteiger partial charge in [0.05, 0.1) is 6.61 Å². The average molecular weight is 263 g/mol. The lowest BCUT2D eigenvalue weighted by atomic mass is 10.1. The van der Waals surface area contributed by atoms with E-state index in [-0.39, 0.29) is 11.9 Å². The fraction of sp³-hybridized carbons (Fsp3) is 0.500. The number of carbonyl (C=O) groups excluding carboxylic acids is 1. The van der Waals surface area contributed by atoms with E-state index >= 15 is 0 Å². The van der Waals surface area contributed by atoms with E-state index in [2.05, 4.69) is 22.3 Å². The molecule has 1 aliphatic heterocycles. The van der Waals surface area contributed by atoms with Crippen LogP contribution in [-0.2, 0) is 22.7 Å². The van der Waals surface area contributed by atoms with Crippen molar-refractivity contribution in [2.45, 2.75) is 19.2 Å². The molecular weight excluding hydrogens is 242 g/mol. The Balaban J connectivity index is 2.12. The summed E-state index contributed by atoms with van der Waals surface area (Å²) in [5.74, 6) is -0.267. The molecule has 0 spiro atoms. The molecule has 1 unspecified atom stereocenters. The van der Waals surface area contributed by atoms with Crippen molar-refractivity contribution in [3.63, 3.8) is 0 Å². The number of nitrogens with zero attached hydrogens (tertiary/aromatic N) is 1. The summed E-state index contributed by atoms with van der Waals surface area (Å²) < 4.78 is 5.21. The van der Waals surface area contributed by atoms with E-state index in [1.807, 2.05) is 12.1 Å². The standard InChI is InChI=1S/C14H21N3O2/c1-19-10-12-5-3-2-4-11(12)9-17-7-6-16-8-13(17)14(15)18/h2-5,13,16H,6-10H2,1H3,(H2,15,18). The largest absolute Gasteiger partial charge is 0.380 e. The molecule has 2 rings (SSSR count). The molecule has 1 saturated heterocycles. The maximum atomic E-state index is 11.5. The fourth-order valence-corrected chi connectivity index (χ4v) is 2.44. The molecule has 0 bridgehead atoms. The zero-order valence-electron chi connectivity index (χ0n) is 11.3. The normalized spacial score (nSPS) is 20.4. The average Bonchev–Trinajstić information content (AvgIpc) is 2.42. The second kappa shape index (κ2) is 6.65. The van der Waals surface area contributed by atoms with Crippen LogP contribution in [0, 0.1) is 0 Å². The second-order valence-electron chi connectivity index (χ2n) is 4.79. The first kappa shape index (κ1) is 14.0. The van der Waals surface area contributed by atoms with E-state index in [0.29, 0.717) is 13.2 Å². The highest BCUT2D eigenvalue weighted by Crippen LogP contribution is 2.15. The van der Waals surface area contributed by atoms with Gasteiger partial charge in [0.1, 0.15) is 6.04 Å². The topological polar surface area (TPSA) is 67.6 Å². The first-order valence-corrected chi connectivity index (χ1v) is 6.52. The molecule has 1 aromatic carbocycles. The summed E-state index contributed by atoms with van der Waals surface area (Å²) in [5.41, 5.74) is 7.81. The van der Waals surface area contributed by atoms with Crippen molar-refractivity contribution in [1.82, 2.24) is 10.2 Å². The number of nitrogens with two attached hydrogens (primary N) is 1. The number of methoxy groups -OCH3 is 1. The minimum atomic E-state index is -0.267. The summed E-state index contributed by atoms with van der Waals surface area (Å²) in [6.45, 7) is 3.66. The molecule has 0 saturated carbocycles. The number of rotatable bonds is 5. The molecule has 1 atom stereocenters. The Morgan fingerprint density at radius 3 is 2.89 bits per heavy atom. The lowest BCUT2D eigenvalue weighted by Gasteiger charge is -2.34. The van der Waals surface area contributed by atoms with Gasteiger partial charge in [0.15, 0.2) is 0 Å². The Kier molecular flexibility index (Phi) is 4.90. The van der Waals surface area contributed by atoms with Crippen LogP contribution in [0.15, 0.2) is 24.3 Å². The summed E-state index contributed by atoms with van der Waals surface area (Å²) >= 11 is 0. The number of ether oxygens (including phenoxy) is 1. The SMILES string of the molecule is COCc1ccccc1CN1CCNCC1C(N)=O. The van der Waals surface area contributed by atoms with Gasteiger partial charge in [-0.3, -0.25) is 9.69 Å². The van der Waals surface area contributed by atoms with Gasteiger partial charge in [-0.25, -0.2) is 0 Å². The molecule has 1 aromatic rings. The monoisotopic (exact) mass is 263 g/mol. The van der Waals surface area contributed by atoms with Crippen molar-refractivity contribution in [2.24, 2.45) is 5.73 Å². The van der Waals surface area contributed by atoms with Gasteiger partial charge in [-0.2, -0.15) is 0 Å². The van der Waals surface area contributed by atoms with Gasteiger partial charge < -0.3 is 15.8 Å². The highest BCUT2D eigenvalue weighted by atomic mass is 16.5. The van der Waals surface area contributed by atoms with E-state index in [1.165, 1.54) is 5.56 Å². The first-order chi connectivity index (χ1) is 9.22. The molecule has 5 nitrogen and oxygen atoms in total. The molecule has 1 heterocycles. The number of primary amides is 1. The maximum Gasteiger partial charge on any atom is 0.236 e. The van der Waals surface area contributed by atoms with Crippen molar-refractivity contribution >= 4 is 5.91 Å². The predicted octanol–water partition coefficient (Wildman–Crippen LogP) is 0.0921. The minimum absolute atomic E-state index is 0.232. The Morgan fingerprint density at radius 2 is 2.21 bits per heavy atom. The van der Waals surface area contributed by atoms with Crippen molar-refractivity contribution in [3.8, 4) is 0 Å². The number of benzene rings is 1. The third-order valence-corrected chi connectivity index (χ3v) is 3.47. The van der Waals surface area contributed by atoms with E-state index in [1.54, 1.807) is 7.11 Å². The number of hydrogen-bond acceptors (Lipinski definition) is 4. The second-order valence-corrected chi connectivity index (χ2v) is 4.79. The molecule has 1 fully saturated rings. The third kappa shape index (κ3) is 3.53. The lowest BCUT2D eigenvalue weighted by molar-refractivity contribution is -0.124. The van der Waals surface area contributed by atoms with E-state index in [9.17, 15) is 4.79 Å². The fourth-order valence-electron chi connectivity index (χ4n) is 2.44. The van der Waals surface area contributed by atoms with Crippen LogP contribution in [0.5, 0.6) is 0 Å². The Bertz CT molecular complexity index is 436. The van der Waals surface area contributed by atoms with Gasteiger partial charge in [-0.1, -0.05) is 24.3 Å². The van der Waals surface area contributed by atoms with Crippen LogP contribution in [0.4, 0.5) is 0 Å². The summed E-state index contributed by atoms with van der Waals surface area (Å²) in [4.78, 5) is 13.6. The van der Waals surface area contributed by atoms with Gasteiger partial charge in [0.25, 0.3) is 0 Å². The van der Waals surface area contributed by atoms with Crippen LogP contribution < -0.4 is 11.1 Å². The molecule has 0 radical (unpaired) electrons. The lowest BCUT2D eigenvalue weighted by Crippen LogP contribution is -2.56. The molecule has 3 N–H and O–H groups in total. The molecule has 19 heavy (non-hydrogen) atoms. The van der Waals surface area contributed by atoms with Gasteiger partial charge in [-0.05, 0) is 11.1 Å². The Hall–Kier alpha value is -1.43. The smallest absolute Gasteiger partial charge is 0.236 e. The minimum Gasteiger partial charge on any atom is -0.380 e. The molecule has 1 amide bonds. The van der Waals surface area contributed by atoms with Gasteiger partial charge in [-0.15, -0.1) is 0 Å². The summed E-state index contributed by atoms with van der Waals surface area (Å²) in [7, 11) is 1.69. The molecule has 0 aromatic heterocycles. The van der Waals surface area contributed by atoms with Crippen molar-refractivity contribution in [3.05, 3.63) is 35.4 Å². The number of carbonyl (C=O) groups is 1. The van der Waals surface area contributed by atoms with Crippen LogP contribution in [0.2, 0.25) is 0 Å². The van der Waals surface area contributed by atoms with E-state index in [0.717, 1.165) is 25.2 Å². The predicted molar refractivity (Wildman–Crippen MR) is 73.4 cm³/mol. The molecule has 1 aliphatic rings. The molecule has 104 valence electrons. The number of piperazine rings is 1. The summed E-state index contributed by atoms with van der Waals surface area (Å²) in [6, 6.07) is 7.91. The summed E-state index contributed by atoms with van der Waals surface area (Å²) in [6.07, 6.45) is 0. The van der Waals surface area contributed by atoms with Gasteiger partial charge in [0, 0.05) is 33.3 Å². The van der Waals surface area contributed by atoms with Crippen molar-refractivity contribution in [2.75, 3.05) is 26.7 Å².